The molecule has 0 spiro atoms. The van der Waals surface area contributed by atoms with Gasteiger partial charge < -0.3 is 14.8 Å². The molecule has 2 aromatic rings. The largest absolute Gasteiger partial charge is 0.515 e. The number of sulfonamides is 1. The number of carbonyl (C=O) groups excluding carboxylic acids is 3. The fraction of sp³-hybridized carbons (Fsp3) is 0.391. The van der Waals surface area contributed by atoms with E-state index < -0.39 is 22.1 Å². The summed E-state index contributed by atoms with van der Waals surface area (Å²) in [7, 11) is -4.18. The van der Waals surface area contributed by atoms with Gasteiger partial charge in [0, 0.05) is 23.9 Å². The van der Waals surface area contributed by atoms with Crippen molar-refractivity contribution in [2.75, 3.05) is 0 Å². The molecule has 0 unspecified atom stereocenters. The average molecular weight is 490 g/mol. The number of amides is 2. The zero-order chi connectivity index (χ0) is 24.7. The summed E-state index contributed by atoms with van der Waals surface area (Å²) in [5.41, 5.74) is 0.281. The van der Waals surface area contributed by atoms with Gasteiger partial charge in [0.15, 0.2) is 0 Å². The van der Waals surface area contributed by atoms with Crippen LogP contribution in [0.3, 0.4) is 0 Å². The summed E-state index contributed by atoms with van der Waals surface area (Å²) in [5.74, 6) is -1.28. The quantitative estimate of drug-likeness (QED) is 0.565. The van der Waals surface area contributed by atoms with Crippen LogP contribution in [0.5, 0.6) is 5.88 Å². The van der Waals surface area contributed by atoms with Gasteiger partial charge in [-0.15, -0.1) is 0 Å². The van der Waals surface area contributed by atoms with Gasteiger partial charge in [-0.1, -0.05) is 19.3 Å². The lowest BCUT2D eigenvalue weighted by molar-refractivity contribution is 0.0715. The lowest BCUT2D eigenvalue weighted by Gasteiger charge is -2.22. The smallest absolute Gasteiger partial charge is 0.431 e. The minimum absolute atomic E-state index is 0.0587. The maximum Gasteiger partial charge on any atom is 0.515 e. The standard InChI is InChI=1S/C23H27N3O7S/c1-15(2)32-23(29)33-20-13-10-17(14-24-20)22(28)26-34(30,31)19-11-8-16(9-12-19)21(27)25-18-6-4-3-5-7-18/h8-15,18H,3-7H2,1-2H3,(H,25,27)(H,26,28). The zero-order valence-corrected chi connectivity index (χ0v) is 19.8. The van der Waals surface area contributed by atoms with Crippen LogP contribution in [0.15, 0.2) is 47.5 Å². The number of aromatic nitrogens is 1. The topological polar surface area (TPSA) is 141 Å². The number of carbonyl (C=O) groups is 3. The first kappa shape index (κ1) is 25.2. The Morgan fingerprint density at radius 3 is 2.18 bits per heavy atom. The lowest BCUT2D eigenvalue weighted by Crippen LogP contribution is -2.36. The van der Waals surface area contributed by atoms with E-state index in [2.05, 4.69) is 10.3 Å². The van der Waals surface area contributed by atoms with E-state index in [4.69, 9.17) is 9.47 Å². The molecule has 2 N–H and O–H groups in total. The molecule has 1 aliphatic carbocycles. The number of nitrogens with zero attached hydrogens (tertiary/aromatic N) is 1. The number of hydrogen-bond donors (Lipinski definition) is 2. The zero-order valence-electron chi connectivity index (χ0n) is 18.9. The van der Waals surface area contributed by atoms with Gasteiger partial charge in [0.05, 0.1) is 16.6 Å². The number of hydrogen-bond acceptors (Lipinski definition) is 8. The Labute approximate surface area is 198 Å². The SMILES string of the molecule is CC(C)OC(=O)Oc1ccc(C(=O)NS(=O)(=O)c2ccc(C(=O)NC3CCCCC3)cc2)cn1. The van der Waals surface area contributed by atoms with E-state index in [1.807, 2.05) is 4.72 Å². The molecule has 34 heavy (non-hydrogen) atoms. The van der Waals surface area contributed by atoms with Gasteiger partial charge in [-0.25, -0.2) is 22.9 Å². The Morgan fingerprint density at radius 1 is 0.941 bits per heavy atom. The molecule has 1 fully saturated rings. The number of rotatable bonds is 7. The van der Waals surface area contributed by atoms with Gasteiger partial charge in [0.2, 0.25) is 5.88 Å². The van der Waals surface area contributed by atoms with Gasteiger partial charge >= 0.3 is 6.16 Å². The first-order chi connectivity index (χ1) is 16.1. The summed E-state index contributed by atoms with van der Waals surface area (Å²) in [4.78, 5) is 39.9. The molecule has 0 aliphatic heterocycles. The first-order valence-corrected chi connectivity index (χ1v) is 12.4. The van der Waals surface area contributed by atoms with Crippen molar-refractivity contribution in [1.82, 2.24) is 15.0 Å². The maximum absolute atomic E-state index is 12.6. The molecule has 0 atom stereocenters. The third-order valence-corrected chi connectivity index (χ3v) is 6.46. The van der Waals surface area contributed by atoms with Crippen molar-refractivity contribution in [3.05, 3.63) is 53.7 Å². The molecule has 10 nitrogen and oxygen atoms in total. The minimum atomic E-state index is -4.18. The molecule has 1 heterocycles. The van der Waals surface area contributed by atoms with Crippen molar-refractivity contribution >= 4 is 28.0 Å². The Balaban J connectivity index is 1.59. The normalized spacial score (nSPS) is 14.3. The Kier molecular flexibility index (Phi) is 8.21. The maximum atomic E-state index is 12.6. The molecule has 1 saturated carbocycles. The highest BCUT2D eigenvalue weighted by Gasteiger charge is 2.21. The van der Waals surface area contributed by atoms with Gasteiger partial charge in [-0.2, -0.15) is 0 Å². The molecular weight excluding hydrogens is 462 g/mol. The van der Waals surface area contributed by atoms with E-state index in [0.717, 1.165) is 31.9 Å². The summed E-state index contributed by atoms with van der Waals surface area (Å²) < 4.78 is 36.8. The highest BCUT2D eigenvalue weighted by Crippen LogP contribution is 2.18. The second-order valence-corrected chi connectivity index (χ2v) is 9.85. The molecular formula is C23H27N3O7S. The summed E-state index contributed by atoms with van der Waals surface area (Å²) in [6.07, 6.45) is 4.96. The molecule has 0 saturated heterocycles. The summed E-state index contributed by atoms with van der Waals surface area (Å²) in [6.45, 7) is 3.31. The summed E-state index contributed by atoms with van der Waals surface area (Å²) >= 11 is 0. The van der Waals surface area contributed by atoms with Gasteiger partial charge in [0.25, 0.3) is 21.8 Å². The van der Waals surface area contributed by atoms with Crippen molar-refractivity contribution < 1.29 is 32.3 Å². The molecule has 1 aromatic carbocycles. The van der Waals surface area contributed by atoms with Crippen LogP contribution in [-0.4, -0.2) is 43.5 Å². The molecule has 11 heteroatoms. The number of pyridine rings is 1. The van der Waals surface area contributed by atoms with E-state index >= 15 is 0 Å². The predicted octanol–water partition coefficient (Wildman–Crippen LogP) is 3.19. The molecule has 1 aromatic heterocycles. The molecule has 0 radical (unpaired) electrons. The van der Waals surface area contributed by atoms with E-state index in [1.54, 1.807) is 13.8 Å². The highest BCUT2D eigenvalue weighted by molar-refractivity contribution is 7.90. The number of ether oxygens (including phenoxy) is 2. The van der Waals surface area contributed by atoms with E-state index in [-0.39, 0.29) is 34.4 Å². The Hall–Kier alpha value is -3.47. The van der Waals surface area contributed by atoms with Gasteiger partial charge in [-0.3, -0.25) is 9.59 Å². The van der Waals surface area contributed by atoms with Crippen LogP contribution >= 0.6 is 0 Å². The van der Waals surface area contributed by atoms with Crippen molar-refractivity contribution in [1.29, 1.82) is 0 Å². The molecule has 3 rings (SSSR count). The van der Waals surface area contributed by atoms with E-state index in [9.17, 15) is 22.8 Å². The van der Waals surface area contributed by atoms with Crippen molar-refractivity contribution in [2.24, 2.45) is 0 Å². The number of nitrogens with one attached hydrogen (secondary N) is 2. The van der Waals surface area contributed by atoms with Crippen LogP contribution in [0.25, 0.3) is 0 Å². The predicted molar refractivity (Wildman–Crippen MR) is 122 cm³/mol. The summed E-state index contributed by atoms with van der Waals surface area (Å²) in [6, 6.07) is 7.97. The van der Waals surface area contributed by atoms with Crippen LogP contribution in [0.2, 0.25) is 0 Å². The third-order valence-electron chi connectivity index (χ3n) is 5.11. The molecule has 182 valence electrons. The second-order valence-electron chi connectivity index (χ2n) is 8.17. The first-order valence-electron chi connectivity index (χ1n) is 11.0. The minimum Gasteiger partial charge on any atom is -0.431 e. The van der Waals surface area contributed by atoms with Gasteiger partial charge in [0.1, 0.15) is 0 Å². The summed E-state index contributed by atoms with van der Waals surface area (Å²) in [5, 5.41) is 2.97. The molecule has 2 amide bonds. The van der Waals surface area contributed by atoms with Crippen molar-refractivity contribution in [2.45, 2.75) is 63.0 Å². The molecule has 0 bridgehead atoms. The fourth-order valence-corrected chi connectivity index (χ4v) is 4.39. The Bertz CT molecular complexity index is 1120. The monoisotopic (exact) mass is 489 g/mol. The number of benzene rings is 1. The van der Waals surface area contributed by atoms with Crippen molar-refractivity contribution in [3.8, 4) is 5.88 Å². The fourth-order valence-electron chi connectivity index (χ4n) is 3.42. The Morgan fingerprint density at radius 2 is 1.59 bits per heavy atom. The van der Waals surface area contributed by atoms with Crippen molar-refractivity contribution in [3.63, 3.8) is 0 Å². The van der Waals surface area contributed by atoms with Crippen LogP contribution < -0.4 is 14.8 Å². The third kappa shape index (κ3) is 7.01. The second kappa shape index (κ2) is 11.1. The van der Waals surface area contributed by atoms with E-state index in [1.165, 1.54) is 42.8 Å². The van der Waals surface area contributed by atoms with E-state index in [0.29, 0.717) is 5.56 Å². The van der Waals surface area contributed by atoms with Gasteiger partial charge in [-0.05, 0) is 57.0 Å². The lowest BCUT2D eigenvalue weighted by atomic mass is 9.95. The average Bonchev–Trinajstić information content (AvgIpc) is 2.79. The van der Waals surface area contributed by atoms with Crippen LogP contribution in [0.1, 0.15) is 66.7 Å². The highest BCUT2D eigenvalue weighted by atomic mass is 32.2. The molecule has 1 aliphatic rings. The van der Waals surface area contributed by atoms with Crippen LogP contribution in [-0.2, 0) is 14.8 Å². The van der Waals surface area contributed by atoms with Crippen LogP contribution in [0, 0.1) is 0 Å². The van der Waals surface area contributed by atoms with Crippen LogP contribution in [0.4, 0.5) is 4.79 Å².